The Balaban J connectivity index is 2.31. The normalized spacial score (nSPS) is 19.6. The van der Waals surface area contributed by atoms with Crippen molar-refractivity contribution in [3.63, 3.8) is 0 Å². The van der Waals surface area contributed by atoms with Crippen molar-refractivity contribution in [1.29, 1.82) is 0 Å². The van der Waals surface area contributed by atoms with Gasteiger partial charge in [-0.1, -0.05) is 6.08 Å². The molecule has 0 atom stereocenters. The van der Waals surface area contributed by atoms with E-state index in [4.69, 9.17) is 5.73 Å². The molecular weight excluding hydrogens is 128 g/mol. The number of hydrogen-bond donors (Lipinski definition) is 1. The van der Waals surface area contributed by atoms with E-state index in [9.17, 15) is 4.79 Å². The summed E-state index contributed by atoms with van der Waals surface area (Å²) in [5, 5.41) is 0. The van der Waals surface area contributed by atoms with Crippen LogP contribution in [0.4, 0.5) is 0 Å². The highest BCUT2D eigenvalue weighted by molar-refractivity contribution is 5.88. The Morgan fingerprint density at radius 2 is 2.30 bits per heavy atom. The van der Waals surface area contributed by atoms with E-state index < -0.39 is 0 Å². The van der Waals surface area contributed by atoms with Gasteiger partial charge in [-0.05, 0) is 13.0 Å². The van der Waals surface area contributed by atoms with Crippen molar-refractivity contribution in [3.8, 4) is 0 Å². The molecule has 0 aromatic carbocycles. The molecule has 0 saturated carbocycles. The first-order valence-corrected chi connectivity index (χ1v) is 3.41. The number of rotatable bonds is 1. The Bertz CT molecular complexity index is 159. The highest BCUT2D eigenvalue weighted by Gasteiger charge is 2.25. The van der Waals surface area contributed by atoms with Crippen LogP contribution in [0, 0.1) is 0 Å². The van der Waals surface area contributed by atoms with E-state index in [0.29, 0.717) is 13.1 Å². The van der Waals surface area contributed by atoms with Gasteiger partial charge in [0.25, 0.3) is 0 Å². The zero-order chi connectivity index (χ0) is 7.56. The number of allylic oxidation sites excluding steroid dienone is 1. The van der Waals surface area contributed by atoms with E-state index in [1.807, 2.05) is 6.92 Å². The van der Waals surface area contributed by atoms with Crippen molar-refractivity contribution in [2.24, 2.45) is 5.73 Å². The van der Waals surface area contributed by atoms with E-state index >= 15 is 0 Å². The van der Waals surface area contributed by atoms with Crippen molar-refractivity contribution in [2.45, 2.75) is 13.0 Å². The maximum absolute atomic E-state index is 11.0. The van der Waals surface area contributed by atoms with Gasteiger partial charge in [0.15, 0.2) is 0 Å². The van der Waals surface area contributed by atoms with Gasteiger partial charge in [0, 0.05) is 19.1 Å². The minimum atomic E-state index is 0.0733. The average Bonchev–Trinajstić information content (AvgIpc) is 1.82. The first-order chi connectivity index (χ1) is 4.74. The molecule has 1 fully saturated rings. The van der Waals surface area contributed by atoms with Gasteiger partial charge in [-0.2, -0.15) is 0 Å². The molecule has 0 unspecified atom stereocenters. The van der Waals surface area contributed by atoms with Gasteiger partial charge in [0.1, 0.15) is 0 Å². The summed E-state index contributed by atoms with van der Waals surface area (Å²) in [7, 11) is 0. The fourth-order valence-electron chi connectivity index (χ4n) is 0.941. The van der Waals surface area contributed by atoms with Crippen LogP contribution < -0.4 is 5.73 Å². The molecule has 1 rings (SSSR count). The summed E-state index contributed by atoms with van der Waals surface area (Å²) in [6.45, 7) is 3.25. The minimum Gasteiger partial charge on any atom is -0.336 e. The zero-order valence-corrected chi connectivity index (χ0v) is 6.08. The quantitative estimate of drug-likeness (QED) is 0.510. The van der Waals surface area contributed by atoms with Crippen LogP contribution >= 0.6 is 0 Å². The van der Waals surface area contributed by atoms with Crippen LogP contribution in [0.5, 0.6) is 0 Å². The zero-order valence-electron chi connectivity index (χ0n) is 6.08. The van der Waals surface area contributed by atoms with Gasteiger partial charge in [-0.25, -0.2) is 0 Å². The second-order valence-corrected chi connectivity index (χ2v) is 2.50. The highest BCUT2D eigenvalue weighted by Crippen LogP contribution is 2.05. The molecule has 56 valence electrons. The summed E-state index contributed by atoms with van der Waals surface area (Å²) in [4.78, 5) is 12.7. The van der Waals surface area contributed by atoms with Gasteiger partial charge in [-0.3, -0.25) is 4.79 Å². The Morgan fingerprint density at radius 3 is 2.70 bits per heavy atom. The summed E-state index contributed by atoms with van der Waals surface area (Å²) in [6, 6.07) is 0.203. The number of carbonyl (C=O) groups is 1. The molecule has 0 spiro atoms. The third kappa shape index (κ3) is 1.36. The van der Waals surface area contributed by atoms with Gasteiger partial charge in [-0.15, -0.1) is 0 Å². The number of hydrogen-bond acceptors (Lipinski definition) is 2. The SMILES string of the molecule is CC=CC(=O)N1CC(N)C1. The Kier molecular flexibility index (Phi) is 2.06. The second-order valence-electron chi connectivity index (χ2n) is 2.50. The van der Waals surface area contributed by atoms with Crippen LogP contribution in [-0.4, -0.2) is 29.9 Å². The number of nitrogens with two attached hydrogens (primary N) is 1. The number of likely N-dealkylation sites (tertiary alicyclic amines) is 1. The first kappa shape index (κ1) is 7.28. The molecule has 1 heterocycles. The molecular formula is C7H12N2O. The maximum atomic E-state index is 11.0. The monoisotopic (exact) mass is 140 g/mol. The molecule has 0 bridgehead atoms. The molecule has 1 aliphatic heterocycles. The van der Waals surface area contributed by atoms with Crippen molar-refractivity contribution >= 4 is 5.91 Å². The lowest BCUT2D eigenvalue weighted by molar-refractivity contribution is -0.130. The molecule has 1 saturated heterocycles. The molecule has 10 heavy (non-hydrogen) atoms. The molecule has 1 aliphatic rings. The summed E-state index contributed by atoms with van der Waals surface area (Å²) >= 11 is 0. The molecule has 0 aromatic heterocycles. The van der Waals surface area contributed by atoms with Crippen LogP contribution in [0.25, 0.3) is 0 Å². The lowest BCUT2D eigenvalue weighted by Crippen LogP contribution is -2.57. The molecule has 3 nitrogen and oxygen atoms in total. The number of carbonyl (C=O) groups excluding carboxylic acids is 1. The Morgan fingerprint density at radius 1 is 1.70 bits per heavy atom. The third-order valence-corrected chi connectivity index (χ3v) is 1.53. The number of nitrogens with zero attached hydrogens (tertiary/aromatic N) is 1. The Hall–Kier alpha value is -0.830. The largest absolute Gasteiger partial charge is 0.336 e. The highest BCUT2D eigenvalue weighted by atomic mass is 16.2. The molecule has 2 N–H and O–H groups in total. The average molecular weight is 140 g/mol. The van der Waals surface area contributed by atoms with Crippen LogP contribution in [0.1, 0.15) is 6.92 Å². The van der Waals surface area contributed by atoms with Gasteiger partial charge in [0.2, 0.25) is 5.91 Å². The predicted octanol–water partition coefficient (Wildman–Crippen LogP) is -0.268. The van der Waals surface area contributed by atoms with Gasteiger partial charge >= 0.3 is 0 Å². The van der Waals surface area contributed by atoms with Crippen LogP contribution in [0.3, 0.4) is 0 Å². The van der Waals surface area contributed by atoms with E-state index in [2.05, 4.69) is 0 Å². The van der Waals surface area contributed by atoms with Crippen molar-refractivity contribution in [3.05, 3.63) is 12.2 Å². The fraction of sp³-hybridized carbons (Fsp3) is 0.571. The molecule has 0 aromatic rings. The van der Waals surface area contributed by atoms with Crippen molar-refractivity contribution in [2.75, 3.05) is 13.1 Å². The summed E-state index contributed by atoms with van der Waals surface area (Å²) in [5.41, 5.74) is 5.48. The van der Waals surface area contributed by atoms with E-state index in [1.165, 1.54) is 0 Å². The van der Waals surface area contributed by atoms with Crippen molar-refractivity contribution < 1.29 is 4.79 Å². The Labute approximate surface area is 60.5 Å². The fourth-order valence-corrected chi connectivity index (χ4v) is 0.941. The third-order valence-electron chi connectivity index (χ3n) is 1.53. The van der Waals surface area contributed by atoms with E-state index in [0.717, 1.165) is 0 Å². The van der Waals surface area contributed by atoms with Gasteiger partial charge < -0.3 is 10.6 Å². The molecule has 3 heteroatoms. The summed E-state index contributed by atoms with van der Waals surface area (Å²) in [6.07, 6.45) is 3.30. The lowest BCUT2D eigenvalue weighted by atomic mass is 10.1. The van der Waals surface area contributed by atoms with Crippen LogP contribution in [0.15, 0.2) is 12.2 Å². The second kappa shape index (κ2) is 2.84. The first-order valence-electron chi connectivity index (χ1n) is 3.41. The molecule has 0 aliphatic carbocycles. The van der Waals surface area contributed by atoms with Crippen molar-refractivity contribution in [1.82, 2.24) is 4.90 Å². The smallest absolute Gasteiger partial charge is 0.246 e. The van der Waals surface area contributed by atoms with Crippen LogP contribution in [-0.2, 0) is 4.79 Å². The maximum Gasteiger partial charge on any atom is 0.246 e. The standard InChI is InChI=1S/C7H12N2O/c1-2-3-7(10)9-4-6(8)5-9/h2-3,6H,4-5,8H2,1H3. The van der Waals surface area contributed by atoms with E-state index in [-0.39, 0.29) is 11.9 Å². The summed E-state index contributed by atoms with van der Waals surface area (Å²) < 4.78 is 0. The van der Waals surface area contributed by atoms with E-state index in [1.54, 1.807) is 17.1 Å². The summed E-state index contributed by atoms with van der Waals surface area (Å²) in [5.74, 6) is 0.0733. The van der Waals surface area contributed by atoms with Crippen LogP contribution in [0.2, 0.25) is 0 Å². The minimum absolute atomic E-state index is 0.0733. The predicted molar refractivity (Wildman–Crippen MR) is 39.4 cm³/mol. The molecule has 0 radical (unpaired) electrons. The van der Waals surface area contributed by atoms with Gasteiger partial charge in [0.05, 0.1) is 0 Å². The topological polar surface area (TPSA) is 46.3 Å². The number of amides is 1. The molecule has 1 amide bonds. The lowest BCUT2D eigenvalue weighted by Gasteiger charge is -2.35.